The molecule has 2 saturated heterocycles. The van der Waals surface area contributed by atoms with Gasteiger partial charge in [0.15, 0.2) is 12.2 Å². The molecule has 2 aliphatic rings. The zero-order chi connectivity index (χ0) is 34.6. The van der Waals surface area contributed by atoms with E-state index in [0.717, 1.165) is 63.2 Å². The molecule has 2 fully saturated rings. The highest BCUT2D eigenvalue weighted by Gasteiger charge is 2.51. The van der Waals surface area contributed by atoms with E-state index in [1.165, 1.54) is 0 Å². The van der Waals surface area contributed by atoms with Gasteiger partial charge >= 0.3 is 18.9 Å². The molecule has 1 N–H and O–H groups in total. The number of likely N-dealkylation sites (tertiary alicyclic amines) is 1. The van der Waals surface area contributed by atoms with Crippen LogP contribution in [0.25, 0.3) is 33.1 Å². The first-order valence-corrected chi connectivity index (χ1v) is 21.0. The highest BCUT2D eigenvalue weighted by molar-refractivity contribution is 6.76. The Morgan fingerprint density at radius 2 is 1.73 bits per heavy atom. The number of imidazole rings is 1. The minimum absolute atomic E-state index is 0.156. The molecule has 48 heavy (non-hydrogen) atoms. The quantitative estimate of drug-likeness (QED) is 0.120. The van der Waals surface area contributed by atoms with Crippen LogP contribution in [0, 0.1) is 0 Å². The van der Waals surface area contributed by atoms with Gasteiger partial charge in [-0.15, -0.1) is 4.98 Å². The van der Waals surface area contributed by atoms with Gasteiger partial charge in [0.1, 0.15) is 17.8 Å². The highest BCUT2D eigenvalue weighted by atomic mass is 28.3. The smallest absolute Gasteiger partial charge is 0.444 e. The molecule has 2 aromatic heterocycles. The Bertz CT molecular complexity index is 1810. The van der Waals surface area contributed by atoms with Crippen molar-refractivity contribution in [3.05, 3.63) is 54.5 Å². The number of carbonyl (C=O) groups excluding carboxylic acids is 1. The van der Waals surface area contributed by atoms with Gasteiger partial charge in [-0.3, -0.25) is 9.88 Å². The third kappa shape index (κ3) is 7.20. The number of carbonyl (C=O) groups is 1. The number of amides is 1. The number of H-pyrrole nitrogens is 1. The fraction of sp³-hybridized carbons (Fsp3) is 0.541. The van der Waals surface area contributed by atoms with Gasteiger partial charge in [0.25, 0.3) is 0 Å². The first-order valence-electron chi connectivity index (χ1n) is 17.3. The van der Waals surface area contributed by atoms with E-state index in [1.54, 1.807) is 0 Å². The van der Waals surface area contributed by atoms with Gasteiger partial charge in [-0.2, -0.15) is 0 Å². The normalized spacial score (nSPS) is 19.5. The lowest BCUT2D eigenvalue weighted by Gasteiger charge is -2.32. The summed E-state index contributed by atoms with van der Waals surface area (Å²) >= 11 is 0. The number of nitrogens with one attached hydrogen (secondary N) is 1. The van der Waals surface area contributed by atoms with Crippen LogP contribution in [0.4, 0.5) is 4.79 Å². The van der Waals surface area contributed by atoms with Crippen molar-refractivity contribution >= 4 is 48.7 Å². The second kappa shape index (κ2) is 12.6. The lowest BCUT2D eigenvalue weighted by atomic mass is 9.78. The molecule has 0 saturated carbocycles. The molecule has 4 heterocycles. The monoisotopic (exact) mass is 671 g/mol. The van der Waals surface area contributed by atoms with E-state index in [4.69, 9.17) is 23.8 Å². The average molecular weight is 672 g/mol. The molecule has 256 valence electrons. The van der Waals surface area contributed by atoms with Crippen molar-refractivity contribution in [1.29, 1.82) is 0 Å². The average Bonchev–Trinajstić information content (AvgIpc) is 3.66. The second-order valence-electron chi connectivity index (χ2n) is 16.6. The standard InChI is InChI=1S/C37H51BN4O5Si/c1-35(2,3)45-34(43)41-17-11-12-31(41)33-40-30-22-28(23-39-32(30)42(33)24-44-18-19-48(8,9)10)26-13-14-27-21-29(16-15-25(27)20-26)38-46-36(4,5)37(6,7)47-38/h13-16,20-23,31H,11-12,17-19,24H2,1-10H3/p+1/t31-/m0/s1. The van der Waals surface area contributed by atoms with Crippen molar-refractivity contribution in [2.24, 2.45) is 0 Å². The van der Waals surface area contributed by atoms with Crippen LogP contribution in [0.1, 0.15) is 73.2 Å². The molecule has 0 spiro atoms. The summed E-state index contributed by atoms with van der Waals surface area (Å²) in [6, 6.07) is 15.9. The van der Waals surface area contributed by atoms with E-state index in [1.807, 2.05) is 31.9 Å². The summed E-state index contributed by atoms with van der Waals surface area (Å²) in [7, 11) is -1.65. The summed E-state index contributed by atoms with van der Waals surface area (Å²) in [6.45, 7) is 22.8. The van der Waals surface area contributed by atoms with Crippen molar-refractivity contribution in [2.75, 3.05) is 13.2 Å². The number of nitrogens with zero attached hydrogens (tertiary/aromatic N) is 3. The van der Waals surface area contributed by atoms with Gasteiger partial charge in [0, 0.05) is 26.8 Å². The van der Waals surface area contributed by atoms with Crippen LogP contribution < -0.4 is 10.0 Å². The van der Waals surface area contributed by atoms with Crippen LogP contribution in [-0.4, -0.2) is 66.1 Å². The maximum atomic E-state index is 13.3. The number of aromatic nitrogens is 3. The first kappa shape index (κ1) is 34.6. The zero-order valence-electron chi connectivity index (χ0n) is 30.4. The molecule has 11 heteroatoms. The number of hydrogen-bond donors (Lipinski definition) is 1. The Labute approximate surface area is 286 Å². The molecule has 1 atom stereocenters. The topological polar surface area (TPSA) is 89.8 Å². The molecule has 0 aliphatic carbocycles. The van der Waals surface area contributed by atoms with Crippen molar-refractivity contribution in [1.82, 2.24) is 14.9 Å². The molecule has 0 bridgehead atoms. The minimum atomic E-state index is -1.25. The minimum Gasteiger partial charge on any atom is -0.444 e. The number of ether oxygens (including phenoxy) is 2. The fourth-order valence-corrected chi connectivity index (χ4v) is 7.09. The summed E-state index contributed by atoms with van der Waals surface area (Å²) in [6.07, 6.45) is 3.38. The number of benzene rings is 2. The molecule has 2 aromatic carbocycles. The number of pyridine rings is 1. The van der Waals surface area contributed by atoms with Gasteiger partial charge < -0.3 is 18.8 Å². The van der Waals surface area contributed by atoms with E-state index in [9.17, 15) is 4.79 Å². The molecule has 1 amide bonds. The SMILES string of the molecule is CC(C)(C)OC(=O)N1CCC[C@H]1c1[nH]c2cc(-c3ccc4cc(B5OC(C)(C)C(C)(C)O5)ccc4c3)cnc2[n+]1COCC[Si](C)(C)C. The lowest BCUT2D eigenvalue weighted by molar-refractivity contribution is -0.719. The highest BCUT2D eigenvalue weighted by Crippen LogP contribution is 2.37. The maximum Gasteiger partial charge on any atom is 0.494 e. The predicted octanol–water partition coefficient (Wildman–Crippen LogP) is 7.35. The summed E-state index contributed by atoms with van der Waals surface area (Å²) in [5.74, 6) is 0.916. The first-order chi connectivity index (χ1) is 22.4. The van der Waals surface area contributed by atoms with Gasteiger partial charge in [-0.25, -0.2) is 9.36 Å². The van der Waals surface area contributed by atoms with Crippen molar-refractivity contribution < 1.29 is 28.1 Å². The molecule has 2 aliphatic heterocycles. The molecule has 0 unspecified atom stereocenters. The van der Waals surface area contributed by atoms with Crippen LogP contribution >= 0.6 is 0 Å². The van der Waals surface area contributed by atoms with Crippen LogP contribution in [-0.2, 0) is 25.5 Å². The van der Waals surface area contributed by atoms with Crippen LogP contribution in [0.3, 0.4) is 0 Å². The Hall–Kier alpha value is -3.25. The number of fused-ring (bicyclic) bond motifs is 2. The van der Waals surface area contributed by atoms with Gasteiger partial charge in [0.05, 0.1) is 11.2 Å². The molecule has 4 aromatic rings. The van der Waals surface area contributed by atoms with Crippen molar-refractivity contribution in [3.63, 3.8) is 0 Å². The summed E-state index contributed by atoms with van der Waals surface area (Å²) in [4.78, 5) is 23.7. The third-order valence-corrected chi connectivity index (χ3v) is 11.5. The number of hydrogen-bond acceptors (Lipinski definition) is 6. The second-order valence-corrected chi connectivity index (χ2v) is 22.2. The maximum absolute atomic E-state index is 13.3. The largest absolute Gasteiger partial charge is 0.494 e. The lowest BCUT2D eigenvalue weighted by Crippen LogP contribution is -2.45. The Kier molecular flexibility index (Phi) is 9.07. The van der Waals surface area contributed by atoms with Crippen molar-refractivity contribution in [3.8, 4) is 11.1 Å². The number of rotatable bonds is 8. The molecule has 6 rings (SSSR count). The fourth-order valence-electron chi connectivity index (χ4n) is 6.33. The zero-order valence-corrected chi connectivity index (χ0v) is 31.4. The van der Waals surface area contributed by atoms with Crippen molar-refractivity contribution in [2.45, 2.75) is 117 Å². The van der Waals surface area contributed by atoms with E-state index in [0.29, 0.717) is 19.9 Å². The summed E-state index contributed by atoms with van der Waals surface area (Å²) in [5, 5.41) is 2.25. The number of aromatic amines is 1. The van der Waals surface area contributed by atoms with Gasteiger partial charge in [-0.1, -0.05) is 50.0 Å². The molecular formula is C37H52BN4O5Si+. The van der Waals surface area contributed by atoms with E-state index >= 15 is 0 Å². The molecule has 0 radical (unpaired) electrons. The van der Waals surface area contributed by atoms with E-state index in [-0.39, 0.29) is 23.3 Å². The molecule has 9 nitrogen and oxygen atoms in total. The Morgan fingerprint density at radius 1 is 1.04 bits per heavy atom. The van der Waals surface area contributed by atoms with Crippen LogP contribution in [0.5, 0.6) is 0 Å². The van der Waals surface area contributed by atoms with E-state index in [2.05, 4.69) is 99.4 Å². The van der Waals surface area contributed by atoms with Gasteiger partial charge in [0.2, 0.25) is 5.82 Å². The van der Waals surface area contributed by atoms with Crippen LogP contribution in [0.15, 0.2) is 48.7 Å². The summed E-state index contributed by atoms with van der Waals surface area (Å²) < 4.78 is 26.8. The van der Waals surface area contributed by atoms with Crippen LogP contribution in [0.2, 0.25) is 25.7 Å². The van der Waals surface area contributed by atoms with Gasteiger partial charge in [-0.05, 0) is 101 Å². The molecular weight excluding hydrogens is 619 g/mol. The van der Waals surface area contributed by atoms with E-state index < -0.39 is 20.8 Å². The predicted molar refractivity (Wildman–Crippen MR) is 194 cm³/mol. The third-order valence-electron chi connectivity index (χ3n) is 9.81. The summed E-state index contributed by atoms with van der Waals surface area (Å²) in [5.41, 5.74) is 3.48. The Morgan fingerprint density at radius 3 is 2.42 bits per heavy atom. The Balaban J connectivity index is 1.31.